The number of aromatic amines is 2. The van der Waals surface area contributed by atoms with Crippen molar-refractivity contribution in [2.75, 3.05) is 27.3 Å². The lowest BCUT2D eigenvalue weighted by Crippen LogP contribution is -2.42. The summed E-state index contributed by atoms with van der Waals surface area (Å²) in [6.07, 6.45) is 1.77. The second-order valence-corrected chi connectivity index (χ2v) is 15.7. The molecule has 0 saturated carbocycles. The molecule has 0 aliphatic carbocycles. The molecule has 4 aromatic carbocycles. The van der Waals surface area contributed by atoms with E-state index >= 15 is 0 Å². The summed E-state index contributed by atoms with van der Waals surface area (Å²) < 4.78 is 9.69. The molecule has 0 radical (unpaired) electrons. The van der Waals surface area contributed by atoms with Crippen LogP contribution in [0.5, 0.6) is 0 Å². The van der Waals surface area contributed by atoms with Crippen LogP contribution in [0.1, 0.15) is 84.0 Å². The number of carbonyl (C=O) groups is 4. The predicted molar refractivity (Wildman–Crippen MR) is 233 cm³/mol. The van der Waals surface area contributed by atoms with Crippen LogP contribution in [0, 0.1) is 13.8 Å². The number of rotatable bonds is 11. The number of hydrogen-bond donors (Lipinski definition) is 4. The van der Waals surface area contributed by atoms with E-state index in [9.17, 15) is 19.2 Å². The van der Waals surface area contributed by atoms with Crippen LogP contribution < -0.4 is 10.6 Å². The van der Waals surface area contributed by atoms with Crippen molar-refractivity contribution in [1.82, 2.24) is 40.4 Å². The molecule has 6 aromatic rings. The minimum absolute atomic E-state index is 0.214. The third-order valence-electron chi connectivity index (χ3n) is 11.8. The Kier molecular flexibility index (Phi) is 12.2. The van der Waals surface area contributed by atoms with Crippen molar-refractivity contribution in [2.45, 2.75) is 63.7 Å². The van der Waals surface area contributed by atoms with E-state index in [0.717, 1.165) is 70.7 Å². The molecule has 0 unspecified atom stereocenters. The number of amides is 4. The maximum Gasteiger partial charge on any atom is 0.407 e. The summed E-state index contributed by atoms with van der Waals surface area (Å²) in [7, 11) is 2.56. The monoisotopic (exact) mass is 834 g/mol. The number of H-pyrrole nitrogens is 2. The number of nitrogens with one attached hydrogen (secondary N) is 4. The van der Waals surface area contributed by atoms with E-state index in [1.807, 2.05) is 74.5 Å². The zero-order chi connectivity index (χ0) is 43.3. The van der Waals surface area contributed by atoms with Gasteiger partial charge in [-0.3, -0.25) is 9.59 Å². The summed E-state index contributed by atoms with van der Waals surface area (Å²) in [6.45, 7) is 5.07. The smallest absolute Gasteiger partial charge is 0.407 e. The molecule has 318 valence electrons. The molecule has 2 aliphatic rings. The number of carbonyl (C=O) groups excluding carboxylic acids is 4. The van der Waals surface area contributed by atoms with Crippen molar-refractivity contribution < 1.29 is 28.7 Å². The summed E-state index contributed by atoms with van der Waals surface area (Å²) in [6, 6.07) is 32.6. The van der Waals surface area contributed by atoms with Crippen molar-refractivity contribution >= 4 is 24.0 Å². The van der Waals surface area contributed by atoms with Gasteiger partial charge in [-0.15, -0.1) is 0 Å². The molecule has 2 aromatic heterocycles. The predicted octanol–water partition coefficient (Wildman–Crippen LogP) is 8.27. The van der Waals surface area contributed by atoms with Crippen LogP contribution in [0.15, 0.2) is 109 Å². The van der Waals surface area contributed by atoms with E-state index < -0.39 is 24.3 Å². The second kappa shape index (κ2) is 18.2. The normalized spacial score (nSPS) is 17.0. The number of benzene rings is 4. The molecular formula is C48H50N8O6. The molecule has 2 fully saturated rings. The van der Waals surface area contributed by atoms with Crippen LogP contribution in [0.4, 0.5) is 9.59 Å². The average molecular weight is 835 g/mol. The largest absolute Gasteiger partial charge is 0.453 e. The third kappa shape index (κ3) is 8.53. The van der Waals surface area contributed by atoms with Gasteiger partial charge < -0.3 is 39.9 Å². The highest BCUT2D eigenvalue weighted by atomic mass is 16.5. The fraction of sp³-hybridized carbons (Fsp3) is 0.292. The van der Waals surface area contributed by atoms with Crippen LogP contribution in [-0.2, 0) is 19.1 Å². The summed E-state index contributed by atoms with van der Waals surface area (Å²) >= 11 is 0. The molecule has 14 heteroatoms. The molecule has 4 amide bonds. The minimum atomic E-state index is -0.889. The Morgan fingerprint density at radius 2 is 0.919 bits per heavy atom. The van der Waals surface area contributed by atoms with E-state index in [0.29, 0.717) is 35.9 Å². The highest BCUT2D eigenvalue weighted by molar-refractivity contribution is 5.88. The molecule has 0 bridgehead atoms. The first-order valence-corrected chi connectivity index (χ1v) is 20.9. The number of alkyl carbamates (subject to hydrolysis) is 2. The Bertz CT molecular complexity index is 2360. The van der Waals surface area contributed by atoms with Gasteiger partial charge in [-0.05, 0) is 61.8 Å². The first-order valence-electron chi connectivity index (χ1n) is 20.9. The van der Waals surface area contributed by atoms with Crippen molar-refractivity contribution in [1.29, 1.82) is 0 Å². The Hall–Kier alpha value is -7.22. The molecule has 0 spiro atoms. The van der Waals surface area contributed by atoms with Crippen molar-refractivity contribution in [3.8, 4) is 33.6 Å². The van der Waals surface area contributed by atoms with Crippen LogP contribution in [0.3, 0.4) is 0 Å². The number of hydrogen-bond acceptors (Lipinski definition) is 8. The standard InChI is InChI=1S/C48H50N8O6/c1-29-39(51-43(49-29)37-17-11-27-55(37)45(57)41(53-47(59)61-3)33-13-7-5-8-14-33)35-23-19-31(20-24-35)32-21-25-36(26-22-32)40-30(2)50-44(52-40)38-18-12-28-56(38)46(58)42(54-48(60)62-4)34-15-9-6-10-16-34/h5-10,13-16,19-26,37-38,41-42H,11-12,17-18,27-28H2,1-4H3,(H,49,51)(H,50,52)(H,53,59)(H,54,60)/t37-,38-,41+,42+/m0/s1. The quantitative estimate of drug-likeness (QED) is 0.101. The SMILES string of the molecule is COC(=O)N[C@@H](C(=O)N1CCC[C@H]1c1nc(-c2ccc(-c3ccc(-c4nc([C@@H]5CCCN5C(=O)[C@H](NC(=O)OC)c5ccccc5)[nH]c4C)cc3)cc2)c(C)[nH]1)c1ccccc1. The number of aryl methyl sites for hydroxylation is 2. The van der Waals surface area contributed by atoms with Crippen molar-refractivity contribution in [3.63, 3.8) is 0 Å². The summed E-state index contributed by atoms with van der Waals surface area (Å²) in [5, 5.41) is 5.45. The van der Waals surface area contributed by atoms with Gasteiger partial charge in [0.25, 0.3) is 11.8 Å². The van der Waals surface area contributed by atoms with Crippen molar-refractivity contribution in [3.05, 3.63) is 143 Å². The molecule has 2 aliphatic heterocycles. The zero-order valence-corrected chi connectivity index (χ0v) is 35.2. The van der Waals surface area contributed by atoms with Gasteiger partial charge in [0.05, 0.1) is 37.7 Å². The van der Waals surface area contributed by atoms with Gasteiger partial charge >= 0.3 is 12.2 Å². The van der Waals surface area contributed by atoms with E-state index in [2.05, 4.69) is 69.1 Å². The Labute approximate surface area is 360 Å². The van der Waals surface area contributed by atoms with Gasteiger partial charge in [0, 0.05) is 35.6 Å². The lowest BCUT2D eigenvalue weighted by Gasteiger charge is -2.28. The molecule has 4 heterocycles. The van der Waals surface area contributed by atoms with Crippen molar-refractivity contribution in [2.24, 2.45) is 0 Å². The number of aromatic nitrogens is 4. The van der Waals surface area contributed by atoms with E-state index in [1.54, 1.807) is 9.80 Å². The first-order chi connectivity index (χ1) is 30.1. The number of methoxy groups -OCH3 is 2. The number of nitrogens with zero attached hydrogens (tertiary/aromatic N) is 4. The summed E-state index contributed by atoms with van der Waals surface area (Å²) in [5.41, 5.74) is 8.77. The number of imidazole rings is 2. The van der Waals surface area contributed by atoms with E-state index in [-0.39, 0.29) is 23.9 Å². The maximum atomic E-state index is 14.0. The summed E-state index contributed by atoms with van der Waals surface area (Å²) in [4.78, 5) is 73.1. The topological polar surface area (TPSA) is 175 Å². The van der Waals surface area contributed by atoms with Crippen LogP contribution in [0.2, 0.25) is 0 Å². The lowest BCUT2D eigenvalue weighted by molar-refractivity contribution is -0.135. The first kappa shape index (κ1) is 41.5. The van der Waals surface area contributed by atoms with E-state index in [4.69, 9.17) is 19.4 Å². The number of likely N-dealkylation sites (tertiary alicyclic amines) is 2. The Morgan fingerprint density at radius 1 is 0.565 bits per heavy atom. The lowest BCUT2D eigenvalue weighted by atomic mass is 10.0. The maximum absolute atomic E-state index is 14.0. The van der Waals surface area contributed by atoms with Gasteiger partial charge in [-0.1, -0.05) is 109 Å². The fourth-order valence-corrected chi connectivity index (χ4v) is 8.67. The Balaban J connectivity index is 0.959. The molecule has 14 nitrogen and oxygen atoms in total. The number of ether oxygens (including phenoxy) is 2. The highest BCUT2D eigenvalue weighted by Crippen LogP contribution is 2.37. The van der Waals surface area contributed by atoms with Gasteiger partial charge in [-0.25, -0.2) is 19.6 Å². The highest BCUT2D eigenvalue weighted by Gasteiger charge is 2.39. The van der Waals surface area contributed by atoms with Gasteiger partial charge in [0.15, 0.2) is 0 Å². The molecule has 8 rings (SSSR count). The minimum Gasteiger partial charge on any atom is -0.453 e. The van der Waals surface area contributed by atoms with Crippen LogP contribution in [0.25, 0.3) is 33.6 Å². The summed E-state index contributed by atoms with van der Waals surface area (Å²) in [5.74, 6) is 0.996. The van der Waals surface area contributed by atoms with Gasteiger partial charge in [-0.2, -0.15) is 0 Å². The van der Waals surface area contributed by atoms with Crippen LogP contribution >= 0.6 is 0 Å². The van der Waals surface area contributed by atoms with E-state index in [1.165, 1.54) is 14.2 Å². The molecule has 62 heavy (non-hydrogen) atoms. The zero-order valence-electron chi connectivity index (χ0n) is 35.2. The average Bonchev–Trinajstić information content (AvgIpc) is 4.14. The second-order valence-electron chi connectivity index (χ2n) is 15.7. The molecule has 2 saturated heterocycles. The van der Waals surface area contributed by atoms with Gasteiger partial charge in [0.2, 0.25) is 0 Å². The molecule has 4 atom stereocenters. The van der Waals surface area contributed by atoms with Gasteiger partial charge in [0.1, 0.15) is 23.7 Å². The van der Waals surface area contributed by atoms with Crippen LogP contribution in [-0.4, -0.2) is 81.0 Å². The third-order valence-corrected chi connectivity index (χ3v) is 11.8. The fourth-order valence-electron chi connectivity index (χ4n) is 8.67. The molecule has 4 N–H and O–H groups in total. The Morgan fingerprint density at radius 3 is 1.27 bits per heavy atom. The molecular weight excluding hydrogens is 785 g/mol.